The number of hydrogen-bond donors (Lipinski definition) is 2. The lowest BCUT2D eigenvalue weighted by molar-refractivity contribution is 0.973. The molecule has 0 spiro atoms. The highest BCUT2D eigenvalue weighted by Crippen LogP contribution is 2.14. The van der Waals surface area contributed by atoms with Crippen molar-refractivity contribution in [2.75, 3.05) is 5.73 Å². The molecule has 0 bridgehead atoms. The molecule has 0 aliphatic heterocycles. The third kappa shape index (κ3) is 2.60. The topological polar surface area (TPSA) is 80.5 Å². The summed E-state index contributed by atoms with van der Waals surface area (Å²) in [5.74, 6) is 1.52. The van der Waals surface area contributed by atoms with Gasteiger partial charge in [0, 0.05) is 30.1 Å². The van der Waals surface area contributed by atoms with Gasteiger partial charge in [-0.3, -0.25) is 10.1 Å². The SMILES string of the molecule is Nc1ccc(Cc2nc(-c3ccncc3)n[nH]2)cc1. The number of H-pyrrole nitrogens is 1. The minimum atomic E-state index is 0.688. The first-order valence-corrected chi connectivity index (χ1v) is 5.97. The molecule has 5 heteroatoms. The first kappa shape index (κ1) is 11.4. The minimum Gasteiger partial charge on any atom is -0.399 e. The van der Waals surface area contributed by atoms with Gasteiger partial charge in [-0.2, -0.15) is 5.10 Å². The average molecular weight is 251 g/mol. The lowest BCUT2D eigenvalue weighted by Gasteiger charge is -1.98. The lowest BCUT2D eigenvalue weighted by atomic mass is 10.1. The number of nitrogens with one attached hydrogen (secondary N) is 1. The Labute approximate surface area is 110 Å². The number of anilines is 1. The van der Waals surface area contributed by atoms with Gasteiger partial charge in [0.1, 0.15) is 5.82 Å². The van der Waals surface area contributed by atoms with E-state index >= 15 is 0 Å². The quantitative estimate of drug-likeness (QED) is 0.698. The van der Waals surface area contributed by atoms with Crippen LogP contribution in [0.2, 0.25) is 0 Å². The van der Waals surface area contributed by atoms with Gasteiger partial charge in [0.05, 0.1) is 0 Å². The van der Waals surface area contributed by atoms with Gasteiger partial charge in [-0.15, -0.1) is 0 Å². The number of aromatic amines is 1. The third-order valence-electron chi connectivity index (χ3n) is 2.82. The Morgan fingerprint density at radius 3 is 2.47 bits per heavy atom. The fourth-order valence-corrected chi connectivity index (χ4v) is 1.83. The maximum atomic E-state index is 5.66. The average Bonchev–Trinajstić information content (AvgIpc) is 2.91. The summed E-state index contributed by atoms with van der Waals surface area (Å²) in [4.78, 5) is 8.45. The van der Waals surface area contributed by atoms with Crippen LogP contribution in [0.3, 0.4) is 0 Å². The third-order valence-corrected chi connectivity index (χ3v) is 2.82. The van der Waals surface area contributed by atoms with Crippen molar-refractivity contribution < 1.29 is 0 Å². The Morgan fingerprint density at radius 2 is 1.74 bits per heavy atom. The number of nitrogen functional groups attached to an aromatic ring is 1. The molecular formula is C14H13N5. The van der Waals surface area contributed by atoms with Gasteiger partial charge in [-0.25, -0.2) is 4.98 Å². The van der Waals surface area contributed by atoms with E-state index in [1.807, 2.05) is 36.4 Å². The number of benzene rings is 1. The smallest absolute Gasteiger partial charge is 0.181 e. The second-order valence-corrected chi connectivity index (χ2v) is 4.26. The Morgan fingerprint density at radius 1 is 1.00 bits per heavy atom. The van der Waals surface area contributed by atoms with E-state index in [0.29, 0.717) is 12.2 Å². The molecule has 3 rings (SSSR count). The molecule has 0 atom stereocenters. The zero-order chi connectivity index (χ0) is 13.1. The fourth-order valence-electron chi connectivity index (χ4n) is 1.83. The molecule has 2 heterocycles. The van der Waals surface area contributed by atoms with Crippen molar-refractivity contribution in [3.63, 3.8) is 0 Å². The summed E-state index contributed by atoms with van der Waals surface area (Å²) in [5.41, 5.74) is 8.52. The van der Waals surface area contributed by atoms with Crippen molar-refractivity contribution in [1.29, 1.82) is 0 Å². The van der Waals surface area contributed by atoms with Crippen LogP contribution in [0.4, 0.5) is 5.69 Å². The van der Waals surface area contributed by atoms with Gasteiger partial charge in [-0.1, -0.05) is 12.1 Å². The molecule has 0 radical (unpaired) electrons. The van der Waals surface area contributed by atoms with Crippen LogP contribution < -0.4 is 5.73 Å². The van der Waals surface area contributed by atoms with Gasteiger partial charge in [0.25, 0.3) is 0 Å². The van der Waals surface area contributed by atoms with Crippen LogP contribution in [-0.2, 0) is 6.42 Å². The predicted molar refractivity (Wildman–Crippen MR) is 73.3 cm³/mol. The van der Waals surface area contributed by atoms with Crippen molar-refractivity contribution in [3.8, 4) is 11.4 Å². The monoisotopic (exact) mass is 251 g/mol. The highest BCUT2D eigenvalue weighted by Gasteiger charge is 2.06. The first-order valence-electron chi connectivity index (χ1n) is 5.97. The summed E-state index contributed by atoms with van der Waals surface area (Å²) in [6.45, 7) is 0. The molecule has 5 nitrogen and oxygen atoms in total. The summed E-state index contributed by atoms with van der Waals surface area (Å²) < 4.78 is 0. The summed E-state index contributed by atoms with van der Waals surface area (Å²) in [7, 11) is 0. The normalized spacial score (nSPS) is 10.5. The summed E-state index contributed by atoms with van der Waals surface area (Å²) in [5, 5.41) is 7.17. The van der Waals surface area contributed by atoms with Crippen molar-refractivity contribution in [2.45, 2.75) is 6.42 Å². The van der Waals surface area contributed by atoms with Gasteiger partial charge in [-0.05, 0) is 29.8 Å². The molecule has 0 saturated carbocycles. The standard InChI is InChI=1S/C14H13N5/c15-12-3-1-10(2-4-12)9-13-17-14(19-18-13)11-5-7-16-8-6-11/h1-8H,9,15H2,(H,17,18,19). The lowest BCUT2D eigenvalue weighted by Crippen LogP contribution is -1.92. The summed E-state index contributed by atoms with van der Waals surface area (Å²) in [6, 6.07) is 11.5. The summed E-state index contributed by atoms with van der Waals surface area (Å²) >= 11 is 0. The highest BCUT2D eigenvalue weighted by atomic mass is 15.2. The van der Waals surface area contributed by atoms with Crippen LogP contribution >= 0.6 is 0 Å². The zero-order valence-electron chi connectivity index (χ0n) is 10.2. The van der Waals surface area contributed by atoms with Crippen molar-refractivity contribution in [3.05, 3.63) is 60.2 Å². The Balaban J connectivity index is 1.80. The molecule has 1 aromatic carbocycles. The van der Waals surface area contributed by atoms with E-state index in [2.05, 4.69) is 20.2 Å². The number of pyridine rings is 1. The van der Waals surface area contributed by atoms with Crippen LogP contribution in [0, 0.1) is 0 Å². The van der Waals surface area contributed by atoms with Gasteiger partial charge in [0.2, 0.25) is 0 Å². The minimum absolute atomic E-state index is 0.688. The van der Waals surface area contributed by atoms with E-state index in [1.54, 1.807) is 12.4 Å². The van der Waals surface area contributed by atoms with E-state index in [0.717, 1.165) is 22.6 Å². The second-order valence-electron chi connectivity index (χ2n) is 4.26. The Hall–Kier alpha value is -2.69. The van der Waals surface area contributed by atoms with Crippen molar-refractivity contribution >= 4 is 5.69 Å². The Bertz CT molecular complexity index is 658. The van der Waals surface area contributed by atoms with E-state index in [4.69, 9.17) is 5.73 Å². The first-order chi connectivity index (χ1) is 9.31. The molecule has 0 amide bonds. The van der Waals surface area contributed by atoms with Crippen LogP contribution in [0.5, 0.6) is 0 Å². The molecule has 0 fully saturated rings. The van der Waals surface area contributed by atoms with E-state index in [9.17, 15) is 0 Å². The maximum Gasteiger partial charge on any atom is 0.181 e. The number of aromatic nitrogens is 4. The fraction of sp³-hybridized carbons (Fsp3) is 0.0714. The van der Waals surface area contributed by atoms with Gasteiger partial charge in [0.15, 0.2) is 5.82 Å². The van der Waals surface area contributed by atoms with E-state index in [1.165, 1.54) is 0 Å². The molecular weight excluding hydrogens is 238 g/mol. The Kier molecular flexibility index (Phi) is 2.94. The number of rotatable bonds is 3. The number of nitrogens with zero attached hydrogens (tertiary/aromatic N) is 3. The molecule has 94 valence electrons. The van der Waals surface area contributed by atoms with Crippen LogP contribution in [0.15, 0.2) is 48.8 Å². The van der Waals surface area contributed by atoms with Crippen LogP contribution in [0.1, 0.15) is 11.4 Å². The molecule has 3 aromatic rings. The number of hydrogen-bond acceptors (Lipinski definition) is 4. The molecule has 3 N–H and O–H groups in total. The van der Waals surface area contributed by atoms with Crippen molar-refractivity contribution in [2.24, 2.45) is 0 Å². The largest absolute Gasteiger partial charge is 0.399 e. The maximum absolute atomic E-state index is 5.66. The molecule has 19 heavy (non-hydrogen) atoms. The second kappa shape index (κ2) is 4.89. The molecule has 0 saturated heterocycles. The molecule has 0 aliphatic carbocycles. The van der Waals surface area contributed by atoms with E-state index < -0.39 is 0 Å². The summed E-state index contributed by atoms with van der Waals surface area (Å²) in [6.07, 6.45) is 4.16. The number of nitrogens with two attached hydrogens (primary N) is 1. The highest BCUT2D eigenvalue weighted by molar-refractivity contribution is 5.53. The molecule has 0 aliphatic rings. The predicted octanol–water partition coefficient (Wildman–Crippen LogP) is 2.04. The zero-order valence-corrected chi connectivity index (χ0v) is 10.2. The van der Waals surface area contributed by atoms with Crippen molar-refractivity contribution in [1.82, 2.24) is 20.2 Å². The van der Waals surface area contributed by atoms with Crippen LogP contribution in [0.25, 0.3) is 11.4 Å². The van der Waals surface area contributed by atoms with Gasteiger partial charge >= 0.3 is 0 Å². The van der Waals surface area contributed by atoms with Gasteiger partial charge < -0.3 is 5.73 Å². The van der Waals surface area contributed by atoms with Crippen LogP contribution in [-0.4, -0.2) is 20.2 Å². The molecule has 2 aromatic heterocycles. The molecule has 0 unspecified atom stereocenters. The van der Waals surface area contributed by atoms with E-state index in [-0.39, 0.29) is 0 Å².